The molecular formula is C27H35N3O5. The molecule has 188 valence electrons. The standard InChI is InChI=1S/C27H35N3O5/c1-5-16-33-23-13-10-21(18-24(23)34-17-6-2)19(4)28-25(31)14-15-26-29-27(30-35-26)20-8-11-22(12-9-20)32-7-3/h8-13,18-19H,5-7,14-17H2,1-4H3,(H,28,31). The Morgan fingerprint density at radius 1 is 0.971 bits per heavy atom. The largest absolute Gasteiger partial charge is 0.494 e. The molecule has 3 aromatic rings. The van der Waals surface area contributed by atoms with E-state index in [1.165, 1.54) is 0 Å². The van der Waals surface area contributed by atoms with Crippen LogP contribution in [0.1, 0.15) is 64.5 Å². The van der Waals surface area contributed by atoms with Crippen molar-refractivity contribution in [3.8, 4) is 28.6 Å². The van der Waals surface area contributed by atoms with Crippen molar-refractivity contribution in [3.05, 3.63) is 53.9 Å². The minimum atomic E-state index is -0.186. The number of nitrogens with zero attached hydrogens (tertiary/aromatic N) is 2. The SMILES string of the molecule is CCCOc1ccc(C(C)NC(=O)CCc2nc(-c3ccc(OCC)cc3)no2)cc1OCCC. The van der Waals surface area contributed by atoms with Gasteiger partial charge in [-0.2, -0.15) is 4.98 Å². The van der Waals surface area contributed by atoms with E-state index in [2.05, 4.69) is 29.3 Å². The number of amides is 1. The molecule has 35 heavy (non-hydrogen) atoms. The maximum Gasteiger partial charge on any atom is 0.227 e. The van der Waals surface area contributed by atoms with E-state index in [4.69, 9.17) is 18.7 Å². The van der Waals surface area contributed by atoms with E-state index in [1.807, 2.05) is 56.3 Å². The number of aromatic nitrogens is 2. The van der Waals surface area contributed by atoms with Gasteiger partial charge in [-0.05, 0) is 68.7 Å². The van der Waals surface area contributed by atoms with Gasteiger partial charge in [-0.1, -0.05) is 25.1 Å². The van der Waals surface area contributed by atoms with Gasteiger partial charge in [-0.25, -0.2) is 0 Å². The molecule has 0 radical (unpaired) electrons. The first-order valence-electron chi connectivity index (χ1n) is 12.3. The molecule has 0 fully saturated rings. The normalized spacial score (nSPS) is 11.7. The predicted octanol–water partition coefficient (Wildman–Crippen LogP) is 5.52. The van der Waals surface area contributed by atoms with E-state index in [-0.39, 0.29) is 18.4 Å². The second kappa shape index (κ2) is 13.4. The molecule has 1 heterocycles. The number of aryl methyl sites for hydroxylation is 1. The highest BCUT2D eigenvalue weighted by Crippen LogP contribution is 2.31. The fourth-order valence-corrected chi connectivity index (χ4v) is 3.41. The molecule has 0 aliphatic heterocycles. The van der Waals surface area contributed by atoms with Gasteiger partial charge in [0.05, 0.1) is 25.9 Å². The first-order chi connectivity index (χ1) is 17.0. The molecule has 1 aromatic heterocycles. The molecular weight excluding hydrogens is 446 g/mol. The number of hydrogen-bond donors (Lipinski definition) is 1. The van der Waals surface area contributed by atoms with Gasteiger partial charge < -0.3 is 24.1 Å². The van der Waals surface area contributed by atoms with Crippen LogP contribution in [0.2, 0.25) is 0 Å². The summed E-state index contributed by atoms with van der Waals surface area (Å²) in [5, 5.41) is 7.06. The van der Waals surface area contributed by atoms with Crippen LogP contribution < -0.4 is 19.5 Å². The van der Waals surface area contributed by atoms with Gasteiger partial charge in [-0.15, -0.1) is 0 Å². The fourth-order valence-electron chi connectivity index (χ4n) is 3.41. The lowest BCUT2D eigenvalue weighted by Gasteiger charge is -2.18. The number of carbonyl (C=O) groups is 1. The highest BCUT2D eigenvalue weighted by molar-refractivity contribution is 5.76. The van der Waals surface area contributed by atoms with E-state index in [9.17, 15) is 4.79 Å². The van der Waals surface area contributed by atoms with Gasteiger partial charge in [0.15, 0.2) is 11.5 Å². The molecule has 1 unspecified atom stereocenters. The van der Waals surface area contributed by atoms with E-state index < -0.39 is 0 Å². The average Bonchev–Trinajstić information content (AvgIpc) is 3.35. The lowest BCUT2D eigenvalue weighted by Crippen LogP contribution is -2.26. The molecule has 0 saturated heterocycles. The molecule has 1 atom stereocenters. The molecule has 2 aromatic carbocycles. The summed E-state index contributed by atoms with van der Waals surface area (Å²) < 4.78 is 22.5. The molecule has 0 bridgehead atoms. The molecule has 1 N–H and O–H groups in total. The lowest BCUT2D eigenvalue weighted by atomic mass is 10.1. The first kappa shape index (κ1) is 26.1. The molecule has 0 spiro atoms. The summed E-state index contributed by atoms with van der Waals surface area (Å²) in [5.41, 5.74) is 1.78. The van der Waals surface area contributed by atoms with E-state index >= 15 is 0 Å². The van der Waals surface area contributed by atoms with Gasteiger partial charge in [0.1, 0.15) is 5.75 Å². The maximum absolute atomic E-state index is 12.6. The van der Waals surface area contributed by atoms with Crippen molar-refractivity contribution in [2.45, 2.75) is 59.4 Å². The highest BCUT2D eigenvalue weighted by atomic mass is 16.5. The lowest BCUT2D eigenvalue weighted by molar-refractivity contribution is -0.121. The van der Waals surface area contributed by atoms with Crippen molar-refractivity contribution in [1.82, 2.24) is 15.5 Å². The third-order valence-electron chi connectivity index (χ3n) is 5.23. The Morgan fingerprint density at radius 2 is 1.69 bits per heavy atom. The average molecular weight is 482 g/mol. The van der Waals surface area contributed by atoms with Crippen molar-refractivity contribution < 1.29 is 23.5 Å². The summed E-state index contributed by atoms with van der Waals surface area (Å²) in [6.07, 6.45) is 2.42. The molecule has 1 amide bonds. The second-order valence-electron chi connectivity index (χ2n) is 8.16. The zero-order valence-corrected chi connectivity index (χ0v) is 21.0. The minimum Gasteiger partial charge on any atom is -0.494 e. The number of hydrogen-bond acceptors (Lipinski definition) is 7. The predicted molar refractivity (Wildman–Crippen MR) is 134 cm³/mol. The Kier molecular flexibility index (Phi) is 9.95. The second-order valence-corrected chi connectivity index (χ2v) is 8.16. The number of rotatable bonds is 14. The Bertz CT molecular complexity index is 1060. The number of ether oxygens (including phenoxy) is 3. The topological polar surface area (TPSA) is 95.7 Å². The number of carbonyl (C=O) groups excluding carboxylic acids is 1. The van der Waals surface area contributed by atoms with E-state index in [0.29, 0.717) is 43.7 Å². The van der Waals surface area contributed by atoms with Crippen molar-refractivity contribution in [2.24, 2.45) is 0 Å². The monoisotopic (exact) mass is 481 g/mol. The van der Waals surface area contributed by atoms with Gasteiger partial charge in [0.25, 0.3) is 0 Å². The molecule has 8 heteroatoms. The molecule has 8 nitrogen and oxygen atoms in total. The van der Waals surface area contributed by atoms with Gasteiger partial charge in [0, 0.05) is 18.4 Å². The summed E-state index contributed by atoms with van der Waals surface area (Å²) in [5.74, 6) is 3.03. The van der Waals surface area contributed by atoms with Crippen LogP contribution in [0.3, 0.4) is 0 Å². The van der Waals surface area contributed by atoms with Crippen molar-refractivity contribution in [2.75, 3.05) is 19.8 Å². The summed E-state index contributed by atoms with van der Waals surface area (Å²) in [4.78, 5) is 17.0. The van der Waals surface area contributed by atoms with Crippen molar-refractivity contribution in [3.63, 3.8) is 0 Å². The van der Waals surface area contributed by atoms with Crippen molar-refractivity contribution in [1.29, 1.82) is 0 Å². The van der Waals surface area contributed by atoms with E-state index in [0.717, 1.165) is 35.5 Å². The van der Waals surface area contributed by atoms with Crippen LogP contribution >= 0.6 is 0 Å². The zero-order chi connectivity index (χ0) is 25.0. The van der Waals surface area contributed by atoms with Crippen LogP contribution in [0.25, 0.3) is 11.4 Å². The summed E-state index contributed by atoms with van der Waals surface area (Å²) in [6.45, 7) is 9.85. The summed E-state index contributed by atoms with van der Waals surface area (Å²) in [6, 6.07) is 13.1. The number of benzene rings is 2. The molecule has 0 aliphatic rings. The third-order valence-corrected chi connectivity index (χ3v) is 5.23. The van der Waals surface area contributed by atoms with E-state index in [1.54, 1.807) is 0 Å². The zero-order valence-electron chi connectivity index (χ0n) is 21.0. The van der Waals surface area contributed by atoms with Crippen LogP contribution in [0.5, 0.6) is 17.2 Å². The highest BCUT2D eigenvalue weighted by Gasteiger charge is 2.15. The molecule has 0 aliphatic carbocycles. The fraction of sp³-hybridized carbons (Fsp3) is 0.444. The van der Waals surface area contributed by atoms with Gasteiger partial charge in [0.2, 0.25) is 17.6 Å². The van der Waals surface area contributed by atoms with Crippen molar-refractivity contribution >= 4 is 5.91 Å². The van der Waals surface area contributed by atoms with Crippen LogP contribution in [0.15, 0.2) is 47.0 Å². The van der Waals surface area contributed by atoms with Crippen LogP contribution in [-0.4, -0.2) is 35.9 Å². The Balaban J connectivity index is 1.55. The van der Waals surface area contributed by atoms with Crippen LogP contribution in [0.4, 0.5) is 0 Å². The Morgan fingerprint density at radius 3 is 2.37 bits per heavy atom. The minimum absolute atomic E-state index is 0.0966. The smallest absolute Gasteiger partial charge is 0.227 e. The molecule has 3 rings (SSSR count). The Labute approximate surface area is 207 Å². The summed E-state index contributed by atoms with van der Waals surface area (Å²) >= 11 is 0. The van der Waals surface area contributed by atoms with Gasteiger partial charge >= 0.3 is 0 Å². The summed E-state index contributed by atoms with van der Waals surface area (Å²) in [7, 11) is 0. The third kappa shape index (κ3) is 7.73. The first-order valence-corrected chi connectivity index (χ1v) is 12.3. The number of nitrogens with one attached hydrogen (secondary N) is 1. The maximum atomic E-state index is 12.6. The van der Waals surface area contributed by atoms with Crippen LogP contribution in [0, 0.1) is 0 Å². The van der Waals surface area contributed by atoms with Crippen LogP contribution in [-0.2, 0) is 11.2 Å². The quantitative estimate of drug-likeness (QED) is 0.324. The van der Waals surface area contributed by atoms with Gasteiger partial charge in [-0.3, -0.25) is 4.79 Å². The Hall–Kier alpha value is -3.55. The molecule has 0 saturated carbocycles.